The van der Waals surface area contributed by atoms with Gasteiger partial charge in [-0.25, -0.2) is 4.98 Å². The van der Waals surface area contributed by atoms with E-state index in [1.165, 1.54) is 11.3 Å². The van der Waals surface area contributed by atoms with Crippen molar-refractivity contribution in [3.05, 3.63) is 24.3 Å². The monoisotopic (exact) mass is 343 g/mol. The molecule has 0 spiro atoms. The number of hydrogen-bond donors (Lipinski definition) is 1. The Hall–Kier alpha value is -2.28. The minimum Gasteiger partial charge on any atom is -0.300 e. The maximum absolute atomic E-state index is 12.4. The van der Waals surface area contributed by atoms with Crippen LogP contribution in [0.15, 0.2) is 24.3 Å². The van der Waals surface area contributed by atoms with Gasteiger partial charge in [0.1, 0.15) is 6.54 Å². The van der Waals surface area contributed by atoms with Crippen LogP contribution in [0.3, 0.4) is 0 Å². The molecule has 2 heterocycles. The Balaban J connectivity index is 1.45. The first kappa shape index (κ1) is 15.3. The van der Waals surface area contributed by atoms with E-state index >= 15 is 0 Å². The zero-order valence-corrected chi connectivity index (χ0v) is 13.8. The highest BCUT2D eigenvalue weighted by Crippen LogP contribution is 2.37. The van der Waals surface area contributed by atoms with Gasteiger partial charge in [0, 0.05) is 0 Å². The number of rotatable bonds is 3. The normalized spacial score (nSPS) is 23.6. The molecule has 1 aromatic carbocycles. The molecule has 7 heteroatoms. The van der Waals surface area contributed by atoms with Crippen LogP contribution in [0.1, 0.15) is 25.7 Å². The third kappa shape index (κ3) is 2.58. The van der Waals surface area contributed by atoms with Gasteiger partial charge in [-0.2, -0.15) is 0 Å². The number of benzene rings is 1. The number of likely N-dealkylation sites (tertiary alicyclic amines) is 1. The smallest absolute Gasteiger partial charge is 0.246 e. The molecular weight excluding hydrogens is 326 g/mol. The molecule has 0 radical (unpaired) electrons. The quantitative estimate of drug-likeness (QED) is 0.868. The van der Waals surface area contributed by atoms with Gasteiger partial charge in [0.15, 0.2) is 5.13 Å². The summed E-state index contributed by atoms with van der Waals surface area (Å²) in [7, 11) is 0. The Kier molecular flexibility index (Phi) is 3.80. The Bertz CT molecular complexity index is 774. The van der Waals surface area contributed by atoms with Crippen LogP contribution in [-0.2, 0) is 14.4 Å². The van der Waals surface area contributed by atoms with Crippen LogP contribution < -0.4 is 5.32 Å². The maximum Gasteiger partial charge on any atom is 0.246 e. The van der Waals surface area contributed by atoms with Gasteiger partial charge in [0.25, 0.3) is 0 Å². The second kappa shape index (κ2) is 5.98. The summed E-state index contributed by atoms with van der Waals surface area (Å²) in [5.41, 5.74) is 0.817. The van der Waals surface area contributed by atoms with Crippen molar-refractivity contribution in [3.8, 4) is 0 Å². The highest BCUT2D eigenvalue weighted by molar-refractivity contribution is 7.22. The number of anilines is 1. The number of nitrogens with one attached hydrogen (secondary N) is 1. The Morgan fingerprint density at radius 3 is 2.50 bits per heavy atom. The lowest BCUT2D eigenvalue weighted by Crippen LogP contribution is -2.38. The highest BCUT2D eigenvalue weighted by Gasteiger charge is 2.48. The number of thiazole rings is 1. The van der Waals surface area contributed by atoms with Gasteiger partial charge >= 0.3 is 0 Å². The SMILES string of the molecule is O=C(CN1C(=O)[C@H]2CCCC[C@H]2C1=O)Nc1nc2ccccc2s1. The lowest BCUT2D eigenvalue weighted by molar-refractivity contribution is -0.142. The minimum absolute atomic E-state index is 0.191. The number of carbonyl (C=O) groups is 3. The fraction of sp³-hybridized carbons (Fsp3) is 0.412. The largest absolute Gasteiger partial charge is 0.300 e. The van der Waals surface area contributed by atoms with Gasteiger partial charge < -0.3 is 5.32 Å². The number of imide groups is 1. The molecule has 24 heavy (non-hydrogen) atoms. The van der Waals surface area contributed by atoms with Gasteiger partial charge in [-0.15, -0.1) is 0 Å². The van der Waals surface area contributed by atoms with Crippen molar-refractivity contribution in [1.82, 2.24) is 9.88 Å². The number of aromatic nitrogens is 1. The lowest BCUT2D eigenvalue weighted by atomic mass is 9.81. The van der Waals surface area contributed by atoms with E-state index in [0.717, 1.165) is 40.8 Å². The standard InChI is InChI=1S/C17H17N3O3S/c21-14(19-17-18-12-7-3-4-8-13(12)24-17)9-20-15(22)10-5-1-2-6-11(10)16(20)23/h3-4,7-8,10-11H,1-2,5-6,9H2,(H,18,19,21)/t10-,11+. The summed E-state index contributed by atoms with van der Waals surface area (Å²) < 4.78 is 0.979. The number of amides is 3. The van der Waals surface area contributed by atoms with Crippen molar-refractivity contribution in [2.24, 2.45) is 11.8 Å². The fourth-order valence-electron chi connectivity index (χ4n) is 3.61. The van der Waals surface area contributed by atoms with Gasteiger partial charge in [-0.3, -0.25) is 19.3 Å². The molecule has 4 rings (SSSR count). The van der Waals surface area contributed by atoms with E-state index in [1.807, 2.05) is 24.3 Å². The molecule has 1 saturated carbocycles. The number of carbonyl (C=O) groups excluding carboxylic acids is 3. The molecule has 1 N–H and O–H groups in total. The lowest BCUT2D eigenvalue weighted by Gasteiger charge is -2.19. The van der Waals surface area contributed by atoms with E-state index in [4.69, 9.17) is 0 Å². The summed E-state index contributed by atoms with van der Waals surface area (Å²) in [6, 6.07) is 7.60. The van der Waals surface area contributed by atoms with Crippen molar-refractivity contribution < 1.29 is 14.4 Å². The molecule has 2 aromatic rings. The average Bonchev–Trinajstić information content (AvgIpc) is 3.09. The van der Waals surface area contributed by atoms with E-state index in [2.05, 4.69) is 10.3 Å². The van der Waals surface area contributed by atoms with Crippen molar-refractivity contribution >= 4 is 44.4 Å². The van der Waals surface area contributed by atoms with E-state index in [0.29, 0.717) is 5.13 Å². The van der Waals surface area contributed by atoms with E-state index in [1.54, 1.807) is 0 Å². The summed E-state index contributed by atoms with van der Waals surface area (Å²) in [4.78, 5) is 42.5. The van der Waals surface area contributed by atoms with Gasteiger partial charge in [-0.1, -0.05) is 36.3 Å². The highest BCUT2D eigenvalue weighted by atomic mass is 32.1. The Labute approximate surface area is 142 Å². The summed E-state index contributed by atoms with van der Waals surface area (Å²) in [6.07, 6.45) is 3.47. The molecule has 1 aromatic heterocycles. The molecule has 6 nitrogen and oxygen atoms in total. The third-order valence-corrected chi connectivity index (χ3v) is 5.73. The second-order valence-electron chi connectivity index (χ2n) is 6.29. The third-order valence-electron chi connectivity index (χ3n) is 4.77. The van der Waals surface area contributed by atoms with E-state index in [9.17, 15) is 14.4 Å². The second-order valence-corrected chi connectivity index (χ2v) is 7.33. The number of fused-ring (bicyclic) bond motifs is 2. The predicted molar refractivity (Wildman–Crippen MR) is 90.4 cm³/mol. The zero-order chi connectivity index (χ0) is 16.7. The molecule has 2 atom stereocenters. The maximum atomic E-state index is 12.4. The number of hydrogen-bond acceptors (Lipinski definition) is 5. The van der Waals surface area contributed by atoms with Crippen LogP contribution in [-0.4, -0.2) is 34.2 Å². The van der Waals surface area contributed by atoms with Crippen LogP contribution in [0, 0.1) is 11.8 Å². The first-order valence-electron chi connectivity index (χ1n) is 8.14. The molecule has 3 amide bonds. The molecule has 2 aliphatic rings. The molecule has 124 valence electrons. The summed E-state index contributed by atoms with van der Waals surface area (Å²) in [6.45, 7) is -0.222. The summed E-state index contributed by atoms with van der Waals surface area (Å²) in [5.74, 6) is -1.20. The average molecular weight is 343 g/mol. The zero-order valence-electron chi connectivity index (χ0n) is 13.0. The van der Waals surface area contributed by atoms with Crippen molar-refractivity contribution in [1.29, 1.82) is 0 Å². The molecule has 1 aliphatic heterocycles. The van der Waals surface area contributed by atoms with Gasteiger partial charge in [0.05, 0.1) is 22.1 Å². The number of nitrogens with zero attached hydrogens (tertiary/aromatic N) is 2. The van der Waals surface area contributed by atoms with Crippen molar-refractivity contribution in [2.75, 3.05) is 11.9 Å². The minimum atomic E-state index is -0.380. The van der Waals surface area contributed by atoms with Gasteiger partial charge in [-0.05, 0) is 25.0 Å². The molecular formula is C17H17N3O3S. The predicted octanol–water partition coefficient (Wildman–Crippen LogP) is 2.41. The van der Waals surface area contributed by atoms with Crippen molar-refractivity contribution in [3.63, 3.8) is 0 Å². The van der Waals surface area contributed by atoms with Crippen LogP contribution in [0.25, 0.3) is 10.2 Å². The van der Waals surface area contributed by atoms with E-state index in [-0.39, 0.29) is 36.1 Å². The number of para-hydroxylation sites is 1. The Morgan fingerprint density at radius 2 is 1.83 bits per heavy atom. The fourth-order valence-corrected chi connectivity index (χ4v) is 4.50. The topological polar surface area (TPSA) is 79.4 Å². The van der Waals surface area contributed by atoms with Crippen LogP contribution >= 0.6 is 11.3 Å². The summed E-state index contributed by atoms with van der Waals surface area (Å²) in [5, 5.41) is 3.19. The van der Waals surface area contributed by atoms with E-state index < -0.39 is 0 Å². The van der Waals surface area contributed by atoms with Crippen LogP contribution in [0.5, 0.6) is 0 Å². The Morgan fingerprint density at radius 1 is 1.17 bits per heavy atom. The first-order chi connectivity index (χ1) is 11.6. The van der Waals surface area contributed by atoms with Gasteiger partial charge in [0.2, 0.25) is 17.7 Å². The molecule has 0 unspecified atom stereocenters. The first-order valence-corrected chi connectivity index (χ1v) is 8.96. The molecule has 1 aliphatic carbocycles. The molecule has 2 fully saturated rings. The van der Waals surface area contributed by atoms with Crippen LogP contribution in [0.2, 0.25) is 0 Å². The molecule has 1 saturated heterocycles. The van der Waals surface area contributed by atoms with Crippen LogP contribution in [0.4, 0.5) is 5.13 Å². The molecule has 0 bridgehead atoms. The summed E-state index contributed by atoms with van der Waals surface area (Å²) >= 11 is 1.37. The van der Waals surface area contributed by atoms with Crippen molar-refractivity contribution in [2.45, 2.75) is 25.7 Å².